The van der Waals surface area contributed by atoms with Crippen LogP contribution in [-0.2, 0) is 14.6 Å². The van der Waals surface area contributed by atoms with E-state index in [0.29, 0.717) is 13.0 Å². The van der Waals surface area contributed by atoms with Crippen LogP contribution in [0.3, 0.4) is 0 Å². The SMILES string of the molecule is O=C(CCN1CCC(C[C@@H]2C[C@H]2c2ccccc2)CC1)CS(=O)(=O)c1ccccc1. The van der Waals surface area contributed by atoms with Crippen LogP contribution in [0.2, 0.25) is 0 Å². The van der Waals surface area contributed by atoms with E-state index in [1.54, 1.807) is 30.3 Å². The molecule has 1 aliphatic heterocycles. The molecule has 2 fully saturated rings. The number of piperidine rings is 1. The summed E-state index contributed by atoms with van der Waals surface area (Å²) in [6, 6.07) is 19.1. The zero-order valence-corrected chi connectivity index (χ0v) is 18.3. The first kappa shape index (κ1) is 21.3. The van der Waals surface area contributed by atoms with Gasteiger partial charge in [0.2, 0.25) is 0 Å². The molecule has 0 bridgehead atoms. The van der Waals surface area contributed by atoms with Crippen LogP contribution in [0, 0.1) is 11.8 Å². The number of benzene rings is 2. The lowest BCUT2D eigenvalue weighted by atomic mass is 9.90. The molecular weight excluding hydrogens is 394 g/mol. The molecule has 30 heavy (non-hydrogen) atoms. The molecule has 0 spiro atoms. The molecular formula is C25H31NO3S. The van der Waals surface area contributed by atoms with E-state index in [9.17, 15) is 13.2 Å². The van der Waals surface area contributed by atoms with E-state index in [0.717, 1.165) is 30.8 Å². The van der Waals surface area contributed by atoms with Crippen molar-refractivity contribution in [3.63, 3.8) is 0 Å². The molecule has 2 aliphatic rings. The lowest BCUT2D eigenvalue weighted by Gasteiger charge is -2.32. The zero-order valence-electron chi connectivity index (χ0n) is 17.4. The first-order valence-corrected chi connectivity index (χ1v) is 12.7. The van der Waals surface area contributed by atoms with Crippen LogP contribution in [-0.4, -0.2) is 44.5 Å². The fourth-order valence-electron chi connectivity index (χ4n) is 4.77. The monoisotopic (exact) mass is 425 g/mol. The molecule has 0 unspecified atom stereocenters. The molecule has 1 saturated heterocycles. The Morgan fingerprint density at radius 1 is 0.933 bits per heavy atom. The van der Waals surface area contributed by atoms with Crippen molar-refractivity contribution in [2.75, 3.05) is 25.4 Å². The maximum Gasteiger partial charge on any atom is 0.185 e. The highest BCUT2D eigenvalue weighted by molar-refractivity contribution is 7.92. The third-order valence-electron chi connectivity index (χ3n) is 6.65. The van der Waals surface area contributed by atoms with E-state index in [1.165, 1.54) is 31.2 Å². The van der Waals surface area contributed by atoms with Gasteiger partial charge in [-0.2, -0.15) is 0 Å². The number of sulfone groups is 1. The standard InChI is InChI=1S/C25H31NO3S/c27-23(19-30(28,29)24-9-5-2-6-10-24)13-16-26-14-11-20(12-15-26)17-22-18-25(22)21-7-3-1-4-8-21/h1-10,20,22,25H,11-19H2/t22-,25+/m1/s1. The highest BCUT2D eigenvalue weighted by atomic mass is 32.2. The Labute approximate surface area is 180 Å². The number of hydrogen-bond acceptors (Lipinski definition) is 4. The Morgan fingerprint density at radius 2 is 1.57 bits per heavy atom. The maximum atomic E-state index is 12.3. The third kappa shape index (κ3) is 5.58. The predicted molar refractivity (Wildman–Crippen MR) is 119 cm³/mol. The zero-order chi connectivity index (χ0) is 21.0. The van der Waals surface area contributed by atoms with Gasteiger partial charge in [-0.15, -0.1) is 0 Å². The molecule has 2 aromatic carbocycles. The fourth-order valence-corrected chi connectivity index (χ4v) is 6.08. The number of nitrogens with zero attached hydrogens (tertiary/aromatic N) is 1. The molecule has 5 heteroatoms. The minimum atomic E-state index is -3.52. The molecule has 4 rings (SSSR count). The number of Topliss-reactive ketones (excluding diaryl/α,β-unsaturated/α-hetero) is 1. The molecule has 1 heterocycles. The van der Waals surface area contributed by atoms with Crippen molar-refractivity contribution >= 4 is 15.6 Å². The van der Waals surface area contributed by atoms with Crippen LogP contribution in [0.1, 0.15) is 43.6 Å². The molecule has 1 saturated carbocycles. The van der Waals surface area contributed by atoms with Crippen molar-refractivity contribution in [1.82, 2.24) is 4.90 Å². The van der Waals surface area contributed by atoms with E-state index in [4.69, 9.17) is 0 Å². The van der Waals surface area contributed by atoms with Gasteiger partial charge in [0, 0.05) is 13.0 Å². The summed E-state index contributed by atoms with van der Waals surface area (Å²) >= 11 is 0. The van der Waals surface area contributed by atoms with Crippen molar-refractivity contribution in [3.05, 3.63) is 66.2 Å². The van der Waals surface area contributed by atoms with Crippen molar-refractivity contribution in [2.45, 2.75) is 42.9 Å². The fraction of sp³-hybridized carbons (Fsp3) is 0.480. The molecule has 4 nitrogen and oxygen atoms in total. The first-order valence-electron chi connectivity index (χ1n) is 11.1. The van der Waals surface area contributed by atoms with Crippen molar-refractivity contribution < 1.29 is 13.2 Å². The quantitative estimate of drug-likeness (QED) is 0.600. The number of carbonyl (C=O) groups excluding carboxylic acids is 1. The average Bonchev–Trinajstić information content (AvgIpc) is 3.53. The summed E-state index contributed by atoms with van der Waals surface area (Å²) in [5.41, 5.74) is 1.49. The number of likely N-dealkylation sites (tertiary alicyclic amines) is 1. The second-order valence-electron chi connectivity index (χ2n) is 8.89. The van der Waals surface area contributed by atoms with Crippen molar-refractivity contribution in [3.8, 4) is 0 Å². The summed E-state index contributed by atoms with van der Waals surface area (Å²) in [4.78, 5) is 14.8. The van der Waals surface area contributed by atoms with E-state index in [2.05, 4.69) is 35.2 Å². The van der Waals surface area contributed by atoms with E-state index in [1.807, 2.05) is 0 Å². The number of carbonyl (C=O) groups is 1. The first-order chi connectivity index (χ1) is 14.5. The van der Waals surface area contributed by atoms with Gasteiger partial charge in [0.15, 0.2) is 9.84 Å². The van der Waals surface area contributed by atoms with Gasteiger partial charge in [-0.3, -0.25) is 4.79 Å². The Hall–Kier alpha value is -1.98. The van der Waals surface area contributed by atoms with Crippen LogP contribution in [0.5, 0.6) is 0 Å². The molecule has 2 atom stereocenters. The van der Waals surface area contributed by atoms with Gasteiger partial charge in [-0.05, 0) is 74.2 Å². The Bertz CT molecular complexity index is 935. The predicted octanol–water partition coefficient (Wildman–Crippen LogP) is 4.33. The maximum absolute atomic E-state index is 12.3. The normalized spacial score (nSPS) is 22.7. The molecule has 2 aromatic rings. The van der Waals surface area contributed by atoms with Crippen molar-refractivity contribution in [2.24, 2.45) is 11.8 Å². The average molecular weight is 426 g/mol. The third-order valence-corrected chi connectivity index (χ3v) is 8.35. The molecule has 0 radical (unpaired) electrons. The molecule has 1 aliphatic carbocycles. The topological polar surface area (TPSA) is 54.5 Å². The number of rotatable bonds is 9. The van der Waals surface area contributed by atoms with Crippen molar-refractivity contribution in [1.29, 1.82) is 0 Å². The summed E-state index contributed by atoms with van der Waals surface area (Å²) in [5.74, 6) is 1.80. The molecule has 0 N–H and O–H groups in total. The van der Waals surface area contributed by atoms with Crippen LogP contribution in [0.15, 0.2) is 65.6 Å². The minimum Gasteiger partial charge on any atom is -0.303 e. The lowest BCUT2D eigenvalue weighted by Crippen LogP contribution is -2.35. The van der Waals surface area contributed by atoms with Gasteiger partial charge in [0.1, 0.15) is 11.5 Å². The second-order valence-corrected chi connectivity index (χ2v) is 10.9. The van der Waals surface area contributed by atoms with Crippen LogP contribution in [0.25, 0.3) is 0 Å². The summed E-state index contributed by atoms with van der Waals surface area (Å²) in [6.45, 7) is 2.71. The highest BCUT2D eigenvalue weighted by Gasteiger charge is 2.39. The summed E-state index contributed by atoms with van der Waals surface area (Å²) < 4.78 is 24.7. The van der Waals surface area contributed by atoms with Gasteiger partial charge in [-0.1, -0.05) is 48.5 Å². The van der Waals surface area contributed by atoms with E-state index < -0.39 is 15.6 Å². The lowest BCUT2D eigenvalue weighted by molar-refractivity contribution is -0.117. The van der Waals surface area contributed by atoms with Gasteiger partial charge in [0.05, 0.1) is 4.90 Å². The number of hydrogen-bond donors (Lipinski definition) is 0. The van der Waals surface area contributed by atoms with Crippen LogP contribution in [0.4, 0.5) is 0 Å². The van der Waals surface area contributed by atoms with Gasteiger partial charge < -0.3 is 4.90 Å². The minimum absolute atomic E-state index is 0.190. The van der Waals surface area contributed by atoms with Gasteiger partial charge in [-0.25, -0.2) is 8.42 Å². The summed E-state index contributed by atoms with van der Waals surface area (Å²) in [6.07, 6.45) is 5.34. The Balaban J connectivity index is 1.15. The molecule has 0 amide bonds. The summed E-state index contributed by atoms with van der Waals surface area (Å²) in [7, 11) is -3.52. The van der Waals surface area contributed by atoms with E-state index >= 15 is 0 Å². The van der Waals surface area contributed by atoms with Gasteiger partial charge >= 0.3 is 0 Å². The number of ketones is 1. The Morgan fingerprint density at radius 3 is 2.23 bits per heavy atom. The second kappa shape index (κ2) is 9.44. The highest BCUT2D eigenvalue weighted by Crippen LogP contribution is 2.51. The van der Waals surface area contributed by atoms with E-state index in [-0.39, 0.29) is 10.7 Å². The van der Waals surface area contributed by atoms with Crippen LogP contribution < -0.4 is 0 Å². The largest absolute Gasteiger partial charge is 0.303 e. The Kier molecular flexibility index (Phi) is 6.69. The van der Waals surface area contributed by atoms with Crippen LogP contribution >= 0.6 is 0 Å². The van der Waals surface area contributed by atoms with Gasteiger partial charge in [0.25, 0.3) is 0 Å². The molecule has 160 valence electrons. The summed E-state index contributed by atoms with van der Waals surface area (Å²) in [5, 5.41) is 0. The molecule has 0 aromatic heterocycles. The smallest absolute Gasteiger partial charge is 0.185 e.